The van der Waals surface area contributed by atoms with Gasteiger partial charge < -0.3 is 5.32 Å². The summed E-state index contributed by atoms with van der Waals surface area (Å²) in [6.45, 7) is 5.25. The number of hydrogen-bond acceptors (Lipinski definition) is 1. The highest BCUT2D eigenvalue weighted by molar-refractivity contribution is 6.33. The van der Waals surface area contributed by atoms with Gasteiger partial charge in [0.05, 0.1) is 0 Å². The number of nitrogens with one attached hydrogen (secondary N) is 1. The Morgan fingerprint density at radius 3 is 2.26 bits per heavy atom. The fourth-order valence-electron chi connectivity index (χ4n) is 2.15. The molecule has 0 aromatic heterocycles. The minimum atomic E-state index is 0.558. The predicted octanol–water partition coefficient (Wildman–Crippen LogP) is 4.85. The van der Waals surface area contributed by atoms with Crippen LogP contribution in [0.4, 0.5) is 0 Å². The molecule has 0 bridgehead atoms. The third-order valence-corrected chi connectivity index (χ3v) is 3.62. The lowest BCUT2D eigenvalue weighted by Gasteiger charge is -2.10. The van der Waals surface area contributed by atoms with E-state index < -0.39 is 0 Å². The zero-order chi connectivity index (χ0) is 13.8. The molecule has 0 fully saturated rings. The molecule has 0 saturated carbocycles. The summed E-state index contributed by atoms with van der Waals surface area (Å²) < 4.78 is 0. The van der Waals surface area contributed by atoms with Crippen LogP contribution < -0.4 is 5.32 Å². The first-order valence-electron chi connectivity index (χ1n) is 6.65. The molecular formula is C17H20ClN. The van der Waals surface area contributed by atoms with Crippen LogP contribution in [-0.4, -0.2) is 7.05 Å². The number of benzene rings is 2. The summed E-state index contributed by atoms with van der Waals surface area (Å²) in [6.07, 6.45) is 0. The van der Waals surface area contributed by atoms with Crippen LogP contribution in [0.5, 0.6) is 0 Å². The van der Waals surface area contributed by atoms with Crippen LogP contribution in [0.3, 0.4) is 0 Å². The monoisotopic (exact) mass is 273 g/mol. The Kier molecular flexibility index (Phi) is 4.62. The van der Waals surface area contributed by atoms with E-state index >= 15 is 0 Å². The maximum Gasteiger partial charge on any atom is 0.0487 e. The molecule has 0 aliphatic carbocycles. The minimum absolute atomic E-state index is 0.558. The smallest absolute Gasteiger partial charge is 0.0487 e. The van der Waals surface area contributed by atoms with E-state index in [1.807, 2.05) is 13.1 Å². The lowest BCUT2D eigenvalue weighted by atomic mass is 9.98. The van der Waals surface area contributed by atoms with E-state index in [-0.39, 0.29) is 0 Å². The van der Waals surface area contributed by atoms with Crippen molar-refractivity contribution in [1.29, 1.82) is 0 Å². The molecule has 0 aliphatic rings. The molecule has 0 aliphatic heterocycles. The van der Waals surface area contributed by atoms with Crippen molar-refractivity contribution in [1.82, 2.24) is 5.32 Å². The van der Waals surface area contributed by atoms with Gasteiger partial charge in [0.15, 0.2) is 0 Å². The summed E-state index contributed by atoms with van der Waals surface area (Å²) in [6, 6.07) is 14.9. The van der Waals surface area contributed by atoms with E-state index in [2.05, 4.69) is 55.6 Å². The third kappa shape index (κ3) is 3.37. The van der Waals surface area contributed by atoms with Gasteiger partial charge in [-0.15, -0.1) is 0 Å². The minimum Gasteiger partial charge on any atom is -0.316 e. The van der Waals surface area contributed by atoms with Gasteiger partial charge in [0.1, 0.15) is 0 Å². The first-order valence-corrected chi connectivity index (χ1v) is 7.03. The molecule has 0 spiro atoms. The van der Waals surface area contributed by atoms with Gasteiger partial charge in [-0.1, -0.05) is 61.8 Å². The molecule has 0 atom stereocenters. The predicted molar refractivity (Wildman–Crippen MR) is 83.7 cm³/mol. The Balaban J connectivity index is 2.31. The van der Waals surface area contributed by atoms with Crippen LogP contribution >= 0.6 is 11.6 Å². The van der Waals surface area contributed by atoms with Gasteiger partial charge in [-0.3, -0.25) is 0 Å². The highest BCUT2D eigenvalue weighted by atomic mass is 35.5. The molecule has 0 radical (unpaired) electrons. The Labute approximate surface area is 120 Å². The summed E-state index contributed by atoms with van der Waals surface area (Å²) in [5.74, 6) is 0.558. The molecule has 2 rings (SSSR count). The zero-order valence-corrected chi connectivity index (χ0v) is 12.5. The van der Waals surface area contributed by atoms with Crippen molar-refractivity contribution >= 4 is 11.6 Å². The molecule has 1 N–H and O–H groups in total. The number of halogens is 1. The van der Waals surface area contributed by atoms with Crippen LogP contribution in [0.1, 0.15) is 30.9 Å². The molecule has 0 heterocycles. The van der Waals surface area contributed by atoms with Gasteiger partial charge >= 0.3 is 0 Å². The van der Waals surface area contributed by atoms with Gasteiger partial charge in [0.2, 0.25) is 0 Å². The van der Waals surface area contributed by atoms with Crippen LogP contribution in [0.25, 0.3) is 11.1 Å². The summed E-state index contributed by atoms with van der Waals surface area (Å²) in [5.41, 5.74) is 4.82. The maximum absolute atomic E-state index is 6.37. The van der Waals surface area contributed by atoms with Crippen molar-refractivity contribution in [2.45, 2.75) is 26.3 Å². The van der Waals surface area contributed by atoms with Crippen LogP contribution in [0, 0.1) is 0 Å². The molecule has 0 amide bonds. The standard InChI is InChI=1S/C17H20ClN/c1-12(2)14-5-7-15(8-6-14)16-9-4-13(11-19-3)10-17(16)18/h4-10,12,19H,11H2,1-3H3. The quantitative estimate of drug-likeness (QED) is 0.840. The Morgan fingerprint density at radius 2 is 1.74 bits per heavy atom. The lowest BCUT2D eigenvalue weighted by Crippen LogP contribution is -2.04. The Hall–Kier alpha value is -1.31. The Morgan fingerprint density at radius 1 is 1.05 bits per heavy atom. The number of hydrogen-bond donors (Lipinski definition) is 1. The van der Waals surface area contributed by atoms with Gasteiger partial charge in [0.25, 0.3) is 0 Å². The van der Waals surface area contributed by atoms with Crippen LogP contribution in [0.2, 0.25) is 5.02 Å². The molecule has 19 heavy (non-hydrogen) atoms. The van der Waals surface area contributed by atoms with E-state index in [0.717, 1.165) is 17.1 Å². The molecule has 2 aromatic carbocycles. The second-order valence-electron chi connectivity index (χ2n) is 5.12. The Bertz CT molecular complexity index is 544. The van der Waals surface area contributed by atoms with Crippen molar-refractivity contribution in [2.75, 3.05) is 7.05 Å². The highest BCUT2D eigenvalue weighted by Crippen LogP contribution is 2.29. The molecule has 2 aromatic rings. The van der Waals surface area contributed by atoms with Gasteiger partial charge in [-0.05, 0) is 35.7 Å². The largest absolute Gasteiger partial charge is 0.316 e. The molecule has 1 nitrogen and oxygen atoms in total. The van der Waals surface area contributed by atoms with Crippen molar-refractivity contribution in [3.05, 3.63) is 58.6 Å². The normalized spacial score (nSPS) is 11.0. The fourth-order valence-corrected chi connectivity index (χ4v) is 2.47. The van der Waals surface area contributed by atoms with Gasteiger partial charge in [-0.25, -0.2) is 0 Å². The summed E-state index contributed by atoms with van der Waals surface area (Å²) in [5, 5.41) is 3.94. The van der Waals surface area contributed by atoms with E-state index in [9.17, 15) is 0 Å². The topological polar surface area (TPSA) is 12.0 Å². The molecular weight excluding hydrogens is 254 g/mol. The van der Waals surface area contributed by atoms with Crippen molar-refractivity contribution < 1.29 is 0 Å². The summed E-state index contributed by atoms with van der Waals surface area (Å²) in [4.78, 5) is 0. The van der Waals surface area contributed by atoms with Crippen molar-refractivity contribution in [3.8, 4) is 11.1 Å². The van der Waals surface area contributed by atoms with Gasteiger partial charge in [-0.2, -0.15) is 0 Å². The second-order valence-corrected chi connectivity index (χ2v) is 5.53. The average molecular weight is 274 g/mol. The molecule has 0 unspecified atom stereocenters. The first kappa shape index (κ1) is 14.1. The SMILES string of the molecule is CNCc1ccc(-c2ccc(C(C)C)cc2)c(Cl)c1. The summed E-state index contributed by atoms with van der Waals surface area (Å²) in [7, 11) is 1.94. The van der Waals surface area contributed by atoms with Crippen molar-refractivity contribution in [3.63, 3.8) is 0 Å². The van der Waals surface area contributed by atoms with E-state index in [0.29, 0.717) is 5.92 Å². The molecule has 0 saturated heterocycles. The zero-order valence-electron chi connectivity index (χ0n) is 11.7. The van der Waals surface area contributed by atoms with E-state index in [4.69, 9.17) is 11.6 Å². The van der Waals surface area contributed by atoms with E-state index in [1.54, 1.807) is 0 Å². The van der Waals surface area contributed by atoms with E-state index in [1.165, 1.54) is 16.7 Å². The lowest BCUT2D eigenvalue weighted by molar-refractivity contribution is 0.818. The van der Waals surface area contributed by atoms with Gasteiger partial charge in [0, 0.05) is 17.1 Å². The molecule has 100 valence electrons. The van der Waals surface area contributed by atoms with Crippen molar-refractivity contribution in [2.24, 2.45) is 0 Å². The number of rotatable bonds is 4. The third-order valence-electron chi connectivity index (χ3n) is 3.30. The van der Waals surface area contributed by atoms with Crippen LogP contribution in [-0.2, 0) is 6.54 Å². The van der Waals surface area contributed by atoms with Crippen LogP contribution in [0.15, 0.2) is 42.5 Å². The summed E-state index contributed by atoms with van der Waals surface area (Å²) >= 11 is 6.37. The molecule has 2 heteroatoms. The average Bonchev–Trinajstić information content (AvgIpc) is 2.39. The highest BCUT2D eigenvalue weighted by Gasteiger charge is 2.05. The maximum atomic E-state index is 6.37. The second kappa shape index (κ2) is 6.23. The first-order chi connectivity index (χ1) is 9.11. The fraction of sp³-hybridized carbons (Fsp3) is 0.294.